The van der Waals surface area contributed by atoms with Crippen molar-refractivity contribution in [3.8, 4) is 11.9 Å². The Hall–Kier alpha value is -2.57. The number of H-pyrrole nitrogens is 1. The zero-order valence-electron chi connectivity index (χ0n) is 16.6. The summed E-state index contributed by atoms with van der Waals surface area (Å²) in [5.74, 6) is -1.57. The standard InChI is InChI=1S/C20H19ClF2N4O5/c21-10-3-13-18(26-19(10)31-5-9-11(22)1-8(4-24)2-12(9)23)27-20(25-13)32-15-7-30-16-14(28)6-29-17(15)16/h1-3,14-17,28H,4-7,24H2,(H,25,26,27)/t14-,15-,16-,17-/m1/s1. The quantitative estimate of drug-likeness (QED) is 0.500. The first-order valence-electron chi connectivity index (χ1n) is 9.86. The number of benzene rings is 1. The molecule has 4 atom stereocenters. The van der Waals surface area contributed by atoms with Gasteiger partial charge in [-0.05, 0) is 23.8 Å². The summed E-state index contributed by atoms with van der Waals surface area (Å²) < 4.78 is 50.7. The van der Waals surface area contributed by atoms with Crippen LogP contribution in [0.2, 0.25) is 5.02 Å². The third-order valence-electron chi connectivity index (χ3n) is 5.41. The fourth-order valence-electron chi connectivity index (χ4n) is 3.78. The van der Waals surface area contributed by atoms with E-state index in [9.17, 15) is 13.9 Å². The molecule has 0 saturated carbocycles. The number of hydrogen-bond donors (Lipinski definition) is 3. The largest absolute Gasteiger partial charge is 0.471 e. The highest BCUT2D eigenvalue weighted by Gasteiger charge is 2.48. The monoisotopic (exact) mass is 468 g/mol. The van der Waals surface area contributed by atoms with Crippen LogP contribution in [-0.4, -0.2) is 57.7 Å². The van der Waals surface area contributed by atoms with E-state index < -0.39 is 42.7 Å². The third-order valence-corrected chi connectivity index (χ3v) is 5.68. The van der Waals surface area contributed by atoms with Gasteiger partial charge in [0.25, 0.3) is 6.01 Å². The van der Waals surface area contributed by atoms with Crippen LogP contribution in [0.15, 0.2) is 18.2 Å². The molecule has 4 heterocycles. The Morgan fingerprint density at radius 1 is 1.16 bits per heavy atom. The number of aliphatic hydroxyl groups is 1. The number of aliphatic hydroxyl groups excluding tert-OH is 1. The lowest BCUT2D eigenvalue weighted by atomic mass is 10.1. The Labute approximate surface area is 185 Å². The molecular weight excluding hydrogens is 450 g/mol. The normalized spacial score (nSPS) is 24.8. The number of imidazole rings is 1. The lowest BCUT2D eigenvalue weighted by molar-refractivity contribution is 0.00706. The maximum atomic E-state index is 14.2. The zero-order chi connectivity index (χ0) is 22.4. The van der Waals surface area contributed by atoms with Crippen LogP contribution in [0.1, 0.15) is 11.1 Å². The van der Waals surface area contributed by atoms with Crippen LogP contribution < -0.4 is 15.2 Å². The minimum absolute atomic E-state index is 0.0175. The van der Waals surface area contributed by atoms with Gasteiger partial charge in [-0.3, -0.25) is 0 Å². The molecule has 32 heavy (non-hydrogen) atoms. The number of aromatic nitrogens is 3. The number of nitrogens with two attached hydrogens (primary N) is 1. The van der Waals surface area contributed by atoms with E-state index in [1.165, 1.54) is 6.07 Å². The highest BCUT2D eigenvalue weighted by Crippen LogP contribution is 2.31. The van der Waals surface area contributed by atoms with Gasteiger partial charge in [-0.25, -0.2) is 8.78 Å². The van der Waals surface area contributed by atoms with Crippen LogP contribution >= 0.6 is 11.6 Å². The highest BCUT2D eigenvalue weighted by molar-refractivity contribution is 6.32. The second kappa shape index (κ2) is 8.41. The second-order valence-electron chi connectivity index (χ2n) is 7.54. The molecule has 0 aliphatic carbocycles. The van der Waals surface area contributed by atoms with Gasteiger partial charge in [0.15, 0.2) is 11.8 Å². The predicted molar refractivity (Wildman–Crippen MR) is 107 cm³/mol. The maximum absolute atomic E-state index is 14.2. The summed E-state index contributed by atoms with van der Waals surface area (Å²) in [5, 5.41) is 9.96. The molecule has 9 nitrogen and oxygen atoms in total. The third kappa shape index (κ3) is 3.86. The molecule has 2 aliphatic rings. The van der Waals surface area contributed by atoms with E-state index in [1.807, 2.05) is 0 Å². The molecule has 5 rings (SSSR count). The average molecular weight is 469 g/mol. The summed E-state index contributed by atoms with van der Waals surface area (Å²) in [6.07, 6.45) is -1.97. The van der Waals surface area contributed by atoms with Gasteiger partial charge in [0.05, 0.1) is 24.3 Å². The Morgan fingerprint density at radius 3 is 2.66 bits per heavy atom. The first-order chi connectivity index (χ1) is 15.4. The molecule has 0 spiro atoms. The average Bonchev–Trinajstić information content (AvgIpc) is 3.44. The minimum Gasteiger partial charge on any atom is -0.471 e. The van der Waals surface area contributed by atoms with E-state index in [0.29, 0.717) is 11.1 Å². The van der Waals surface area contributed by atoms with Gasteiger partial charge in [0.1, 0.15) is 41.6 Å². The van der Waals surface area contributed by atoms with E-state index in [2.05, 4.69) is 15.0 Å². The second-order valence-corrected chi connectivity index (χ2v) is 7.95. The molecule has 170 valence electrons. The fourth-order valence-corrected chi connectivity index (χ4v) is 3.98. The molecule has 12 heteroatoms. The van der Waals surface area contributed by atoms with Crippen molar-refractivity contribution >= 4 is 22.8 Å². The molecule has 2 saturated heterocycles. The molecule has 2 fully saturated rings. The molecule has 1 aromatic carbocycles. The molecule has 0 bridgehead atoms. The molecule has 0 amide bonds. The van der Waals surface area contributed by atoms with Gasteiger partial charge < -0.3 is 34.8 Å². The summed E-state index contributed by atoms with van der Waals surface area (Å²) in [7, 11) is 0. The maximum Gasteiger partial charge on any atom is 0.296 e. The van der Waals surface area contributed by atoms with Crippen LogP contribution in [0.25, 0.3) is 11.2 Å². The number of ether oxygens (including phenoxy) is 4. The van der Waals surface area contributed by atoms with Crippen molar-refractivity contribution in [2.45, 2.75) is 37.6 Å². The van der Waals surface area contributed by atoms with Crippen LogP contribution in [0.5, 0.6) is 11.9 Å². The Balaban J connectivity index is 1.32. The van der Waals surface area contributed by atoms with Crippen LogP contribution in [0.4, 0.5) is 8.78 Å². The van der Waals surface area contributed by atoms with E-state index in [4.69, 9.17) is 36.3 Å². The summed E-state index contributed by atoms with van der Waals surface area (Å²) in [4.78, 5) is 11.4. The summed E-state index contributed by atoms with van der Waals surface area (Å²) in [6, 6.07) is 3.99. The van der Waals surface area contributed by atoms with Gasteiger partial charge in [0.2, 0.25) is 5.88 Å². The predicted octanol–water partition coefficient (Wildman–Crippen LogP) is 1.83. The number of rotatable bonds is 6. The molecule has 0 radical (unpaired) electrons. The topological polar surface area (TPSA) is 125 Å². The summed E-state index contributed by atoms with van der Waals surface area (Å²) in [6.45, 7) is 0.0235. The minimum atomic E-state index is -0.769. The fraction of sp³-hybridized carbons (Fsp3) is 0.400. The highest BCUT2D eigenvalue weighted by atomic mass is 35.5. The molecule has 2 aromatic heterocycles. The van der Waals surface area contributed by atoms with Crippen molar-refractivity contribution in [1.29, 1.82) is 0 Å². The number of fused-ring (bicyclic) bond motifs is 2. The Bertz CT molecular complexity index is 1140. The van der Waals surface area contributed by atoms with Crippen LogP contribution in [0, 0.1) is 11.6 Å². The number of halogens is 3. The van der Waals surface area contributed by atoms with Gasteiger partial charge in [-0.15, -0.1) is 0 Å². The van der Waals surface area contributed by atoms with E-state index in [-0.39, 0.29) is 47.9 Å². The number of nitrogens with one attached hydrogen (secondary N) is 1. The van der Waals surface area contributed by atoms with Crippen molar-refractivity contribution in [3.63, 3.8) is 0 Å². The lowest BCUT2D eigenvalue weighted by Gasteiger charge is -2.15. The first-order valence-corrected chi connectivity index (χ1v) is 10.2. The molecular formula is C20H19ClF2N4O5. The number of aromatic amines is 1. The van der Waals surface area contributed by atoms with Gasteiger partial charge in [-0.2, -0.15) is 9.97 Å². The summed E-state index contributed by atoms with van der Waals surface area (Å²) in [5.41, 5.74) is 6.21. The molecule has 0 unspecified atom stereocenters. The number of pyridine rings is 1. The van der Waals surface area contributed by atoms with Crippen LogP contribution in [-0.2, 0) is 22.6 Å². The van der Waals surface area contributed by atoms with E-state index in [0.717, 1.165) is 12.1 Å². The van der Waals surface area contributed by atoms with Crippen molar-refractivity contribution in [2.75, 3.05) is 13.2 Å². The molecule has 4 N–H and O–H groups in total. The number of hydrogen-bond acceptors (Lipinski definition) is 8. The number of nitrogens with zero attached hydrogens (tertiary/aromatic N) is 2. The van der Waals surface area contributed by atoms with E-state index >= 15 is 0 Å². The zero-order valence-corrected chi connectivity index (χ0v) is 17.3. The molecule has 2 aliphatic heterocycles. The lowest BCUT2D eigenvalue weighted by Crippen LogP contribution is -2.34. The van der Waals surface area contributed by atoms with Gasteiger partial charge in [-0.1, -0.05) is 11.6 Å². The smallest absolute Gasteiger partial charge is 0.296 e. The Kier molecular flexibility index (Phi) is 5.59. The van der Waals surface area contributed by atoms with Crippen LogP contribution in [0.3, 0.4) is 0 Å². The van der Waals surface area contributed by atoms with E-state index in [1.54, 1.807) is 0 Å². The first kappa shape index (κ1) is 21.3. The van der Waals surface area contributed by atoms with Gasteiger partial charge in [0, 0.05) is 6.54 Å². The Morgan fingerprint density at radius 2 is 1.91 bits per heavy atom. The van der Waals surface area contributed by atoms with Crippen molar-refractivity contribution in [2.24, 2.45) is 5.73 Å². The summed E-state index contributed by atoms with van der Waals surface area (Å²) >= 11 is 6.22. The van der Waals surface area contributed by atoms with Crippen molar-refractivity contribution in [3.05, 3.63) is 46.0 Å². The SMILES string of the molecule is NCc1cc(F)c(COc2nc3nc(O[C@@H]4CO[C@H]5[C@@H]4OC[C@H]5O)[nH]c3cc2Cl)c(F)c1. The molecule has 3 aromatic rings. The van der Waals surface area contributed by atoms with Crippen molar-refractivity contribution in [1.82, 2.24) is 15.0 Å². The van der Waals surface area contributed by atoms with Crippen molar-refractivity contribution < 1.29 is 32.8 Å². The van der Waals surface area contributed by atoms with Gasteiger partial charge >= 0.3 is 0 Å².